The van der Waals surface area contributed by atoms with Crippen molar-refractivity contribution in [2.24, 2.45) is 11.7 Å². The first-order valence-electron chi connectivity index (χ1n) is 4.60. The lowest BCUT2D eigenvalue weighted by Gasteiger charge is -2.22. The predicted molar refractivity (Wildman–Crippen MR) is 58.7 cm³/mol. The van der Waals surface area contributed by atoms with Gasteiger partial charge in [0, 0.05) is 5.30 Å². The van der Waals surface area contributed by atoms with Crippen LogP contribution in [-0.2, 0) is 4.57 Å². The minimum absolute atomic E-state index is 0.00830. The molecule has 0 saturated heterocycles. The van der Waals surface area contributed by atoms with Crippen molar-refractivity contribution in [1.29, 1.82) is 0 Å². The van der Waals surface area contributed by atoms with Gasteiger partial charge in [-0.1, -0.05) is 32.0 Å². The van der Waals surface area contributed by atoms with Gasteiger partial charge < -0.3 is 10.6 Å². The summed E-state index contributed by atoms with van der Waals surface area (Å²) in [6.45, 7) is 3.69. The Morgan fingerprint density at radius 3 is 2.21 bits per heavy atom. The van der Waals surface area contributed by atoms with Gasteiger partial charge in [-0.15, -0.1) is 0 Å². The van der Waals surface area contributed by atoms with Crippen molar-refractivity contribution in [3.63, 3.8) is 0 Å². The second-order valence-corrected chi connectivity index (χ2v) is 6.05. The van der Waals surface area contributed by atoms with Gasteiger partial charge in [-0.3, -0.25) is 4.57 Å². The largest absolute Gasteiger partial charge is 0.340 e. The van der Waals surface area contributed by atoms with Gasteiger partial charge in [0.05, 0.1) is 5.78 Å². The lowest BCUT2D eigenvalue weighted by Crippen LogP contribution is -2.30. The fourth-order valence-electron chi connectivity index (χ4n) is 1.22. The molecule has 0 saturated carbocycles. The maximum Gasteiger partial charge on any atom is 0.246 e. The Morgan fingerprint density at radius 1 is 1.29 bits per heavy atom. The molecule has 0 fully saturated rings. The van der Waals surface area contributed by atoms with E-state index in [2.05, 4.69) is 0 Å². The van der Waals surface area contributed by atoms with E-state index in [0.717, 1.165) is 0 Å². The summed E-state index contributed by atoms with van der Waals surface area (Å²) in [6, 6.07) is 8.58. The van der Waals surface area contributed by atoms with Crippen LogP contribution in [0.15, 0.2) is 30.3 Å². The van der Waals surface area contributed by atoms with E-state index in [-0.39, 0.29) is 5.92 Å². The van der Waals surface area contributed by atoms with Crippen LogP contribution in [0.25, 0.3) is 0 Å². The molecule has 0 radical (unpaired) electrons. The van der Waals surface area contributed by atoms with Crippen molar-refractivity contribution in [2.45, 2.75) is 19.6 Å². The van der Waals surface area contributed by atoms with E-state index in [1.165, 1.54) is 0 Å². The van der Waals surface area contributed by atoms with Crippen molar-refractivity contribution < 1.29 is 9.46 Å². The number of rotatable bonds is 3. The van der Waals surface area contributed by atoms with Gasteiger partial charge in [0.1, 0.15) is 0 Å². The highest BCUT2D eigenvalue weighted by Gasteiger charge is 2.31. The maximum absolute atomic E-state index is 12.0. The molecule has 0 aromatic heterocycles. The van der Waals surface area contributed by atoms with Crippen molar-refractivity contribution in [2.75, 3.05) is 0 Å². The second kappa shape index (κ2) is 4.26. The van der Waals surface area contributed by atoms with E-state index in [4.69, 9.17) is 5.73 Å². The summed E-state index contributed by atoms with van der Waals surface area (Å²) >= 11 is 0. The number of benzene rings is 1. The van der Waals surface area contributed by atoms with E-state index in [1.807, 2.05) is 19.9 Å². The van der Waals surface area contributed by atoms with Crippen LogP contribution in [0.1, 0.15) is 13.8 Å². The Labute approximate surface area is 84.4 Å². The van der Waals surface area contributed by atoms with Crippen LogP contribution in [0.2, 0.25) is 0 Å². The minimum Gasteiger partial charge on any atom is -0.340 e. The number of hydrogen-bond donors (Lipinski definition) is 2. The summed E-state index contributed by atoms with van der Waals surface area (Å²) in [4.78, 5) is 9.86. The molecular weight excluding hydrogens is 197 g/mol. The molecule has 14 heavy (non-hydrogen) atoms. The Hall–Kier alpha value is -0.630. The van der Waals surface area contributed by atoms with Crippen LogP contribution in [0.5, 0.6) is 0 Å². The SMILES string of the molecule is CC(C)C(N)P(=O)(O)c1ccccc1. The summed E-state index contributed by atoms with van der Waals surface area (Å²) in [5, 5.41) is 0.432. The van der Waals surface area contributed by atoms with Crippen molar-refractivity contribution in [1.82, 2.24) is 0 Å². The quantitative estimate of drug-likeness (QED) is 0.748. The smallest absolute Gasteiger partial charge is 0.246 e. The fourth-order valence-corrected chi connectivity index (χ4v) is 2.97. The highest BCUT2D eigenvalue weighted by molar-refractivity contribution is 7.66. The van der Waals surface area contributed by atoms with Gasteiger partial charge in [0.2, 0.25) is 7.37 Å². The topological polar surface area (TPSA) is 63.3 Å². The van der Waals surface area contributed by atoms with Gasteiger partial charge in [-0.25, -0.2) is 0 Å². The van der Waals surface area contributed by atoms with E-state index in [1.54, 1.807) is 24.3 Å². The molecule has 78 valence electrons. The molecule has 0 aliphatic carbocycles. The monoisotopic (exact) mass is 213 g/mol. The average molecular weight is 213 g/mol. The summed E-state index contributed by atoms with van der Waals surface area (Å²) in [6.07, 6.45) is 0. The zero-order valence-electron chi connectivity index (χ0n) is 8.42. The molecule has 0 aliphatic heterocycles. The van der Waals surface area contributed by atoms with Gasteiger partial charge in [-0.2, -0.15) is 0 Å². The summed E-state index contributed by atoms with van der Waals surface area (Å²) < 4.78 is 12.0. The fraction of sp³-hybridized carbons (Fsp3) is 0.400. The molecule has 0 aliphatic rings. The maximum atomic E-state index is 12.0. The Morgan fingerprint density at radius 2 is 1.79 bits per heavy atom. The van der Waals surface area contributed by atoms with Crippen molar-refractivity contribution >= 4 is 12.7 Å². The van der Waals surface area contributed by atoms with E-state index in [0.29, 0.717) is 5.30 Å². The summed E-state index contributed by atoms with van der Waals surface area (Å²) in [5.74, 6) is -0.698. The summed E-state index contributed by atoms with van der Waals surface area (Å²) in [7, 11) is -3.41. The Bertz CT molecular complexity index is 337. The highest BCUT2D eigenvalue weighted by atomic mass is 31.2. The number of hydrogen-bond acceptors (Lipinski definition) is 2. The van der Waals surface area contributed by atoms with Gasteiger partial charge >= 0.3 is 0 Å². The van der Waals surface area contributed by atoms with E-state index in [9.17, 15) is 9.46 Å². The normalized spacial score (nSPS) is 17.8. The van der Waals surface area contributed by atoms with Crippen LogP contribution in [0.3, 0.4) is 0 Å². The second-order valence-electron chi connectivity index (χ2n) is 3.69. The molecule has 0 spiro atoms. The van der Waals surface area contributed by atoms with Crippen LogP contribution < -0.4 is 11.0 Å². The molecule has 1 rings (SSSR count). The lowest BCUT2D eigenvalue weighted by molar-refractivity contribution is 0.451. The van der Waals surface area contributed by atoms with Gasteiger partial charge in [-0.05, 0) is 18.1 Å². The molecule has 1 aromatic carbocycles. The molecule has 1 aromatic rings. The highest BCUT2D eigenvalue weighted by Crippen LogP contribution is 2.45. The Balaban J connectivity index is 3.03. The third-order valence-corrected chi connectivity index (χ3v) is 4.66. The first-order chi connectivity index (χ1) is 6.46. The molecule has 0 amide bonds. The molecule has 0 bridgehead atoms. The summed E-state index contributed by atoms with van der Waals surface area (Å²) in [5.41, 5.74) is 5.71. The van der Waals surface area contributed by atoms with Crippen LogP contribution in [0.4, 0.5) is 0 Å². The van der Waals surface area contributed by atoms with Crippen molar-refractivity contribution in [3.8, 4) is 0 Å². The number of nitrogens with two attached hydrogens (primary N) is 1. The van der Waals surface area contributed by atoms with E-state index < -0.39 is 13.2 Å². The average Bonchev–Trinajstić information content (AvgIpc) is 2.18. The van der Waals surface area contributed by atoms with Crippen LogP contribution >= 0.6 is 7.37 Å². The van der Waals surface area contributed by atoms with Gasteiger partial charge in [0.25, 0.3) is 0 Å². The zero-order valence-corrected chi connectivity index (χ0v) is 9.32. The molecule has 2 unspecified atom stereocenters. The van der Waals surface area contributed by atoms with Crippen LogP contribution in [-0.4, -0.2) is 10.7 Å². The lowest BCUT2D eigenvalue weighted by atomic mass is 10.2. The van der Waals surface area contributed by atoms with Gasteiger partial charge in [0.15, 0.2) is 0 Å². The third kappa shape index (κ3) is 2.24. The van der Waals surface area contributed by atoms with E-state index >= 15 is 0 Å². The molecule has 3 N–H and O–H groups in total. The zero-order chi connectivity index (χ0) is 10.8. The van der Waals surface area contributed by atoms with Crippen molar-refractivity contribution in [3.05, 3.63) is 30.3 Å². The predicted octanol–water partition coefficient (Wildman–Crippen LogP) is 1.52. The molecule has 4 heteroatoms. The molecule has 2 atom stereocenters. The third-order valence-electron chi connectivity index (χ3n) is 2.21. The van der Waals surface area contributed by atoms with Crippen LogP contribution in [0, 0.1) is 5.92 Å². The molecular formula is C10H16NO2P. The minimum atomic E-state index is -3.41. The first kappa shape index (κ1) is 11.4. The molecule has 3 nitrogen and oxygen atoms in total. The standard InChI is InChI=1S/C10H16NO2P/c1-8(2)10(11)14(12,13)9-6-4-3-5-7-9/h3-8,10H,11H2,1-2H3,(H,12,13). The first-order valence-corrected chi connectivity index (χ1v) is 6.33. The molecule has 0 heterocycles. The Kier molecular flexibility index (Phi) is 3.48.